The predicted octanol–water partition coefficient (Wildman–Crippen LogP) is 0.935. The normalized spacial score (nSPS) is 9.83. The second-order valence-corrected chi connectivity index (χ2v) is 4.16. The van der Waals surface area contributed by atoms with E-state index >= 15 is 0 Å². The molecule has 0 unspecified atom stereocenters. The second kappa shape index (κ2) is 6.80. The van der Waals surface area contributed by atoms with Crippen LogP contribution in [0, 0.1) is 18.8 Å². The summed E-state index contributed by atoms with van der Waals surface area (Å²) in [5.41, 5.74) is 4.93. The number of hydrogen-bond donors (Lipinski definition) is 2. The van der Waals surface area contributed by atoms with Crippen molar-refractivity contribution in [3.63, 3.8) is 0 Å². The van der Waals surface area contributed by atoms with E-state index in [2.05, 4.69) is 17.3 Å². The number of carbonyl (C=O) groups is 1. The van der Waals surface area contributed by atoms with Crippen molar-refractivity contribution in [2.24, 2.45) is 0 Å². The molecule has 1 amide bonds. The maximum absolute atomic E-state index is 12.0. The number of nitrogens with one attached hydrogen (secondary N) is 1. The van der Waals surface area contributed by atoms with Gasteiger partial charge in [-0.05, 0) is 19.1 Å². The van der Waals surface area contributed by atoms with Crippen molar-refractivity contribution in [1.82, 2.24) is 10.4 Å². The predicted molar refractivity (Wildman–Crippen MR) is 70.9 cm³/mol. The van der Waals surface area contributed by atoms with Crippen LogP contribution in [-0.4, -0.2) is 36.7 Å². The molecule has 4 heteroatoms. The van der Waals surface area contributed by atoms with Gasteiger partial charge in [-0.2, -0.15) is 0 Å². The molecule has 0 spiro atoms. The average molecular weight is 246 g/mol. The molecule has 0 saturated heterocycles. The first-order valence-corrected chi connectivity index (χ1v) is 5.73. The van der Waals surface area contributed by atoms with E-state index < -0.39 is 0 Å². The third-order valence-electron chi connectivity index (χ3n) is 2.20. The Morgan fingerprint density at radius 3 is 2.78 bits per heavy atom. The standard InChI is InChI=1S/C14H18N2O2/c1-11-7-8-12(6-4-5-9-17)13(10-11)14(18)15-16(2)3/h7-8,10,17H,5,9H2,1-3H3,(H,15,18). The molecule has 0 bridgehead atoms. The topological polar surface area (TPSA) is 52.6 Å². The van der Waals surface area contributed by atoms with Crippen molar-refractivity contribution >= 4 is 5.91 Å². The lowest BCUT2D eigenvalue weighted by Crippen LogP contribution is -2.36. The molecule has 0 heterocycles. The smallest absolute Gasteiger partial charge is 0.266 e. The molecular weight excluding hydrogens is 228 g/mol. The van der Waals surface area contributed by atoms with Gasteiger partial charge in [-0.15, -0.1) is 0 Å². The Morgan fingerprint density at radius 1 is 1.44 bits per heavy atom. The maximum atomic E-state index is 12.0. The lowest BCUT2D eigenvalue weighted by molar-refractivity contribution is 0.0856. The number of rotatable bonds is 3. The highest BCUT2D eigenvalue weighted by molar-refractivity contribution is 5.96. The van der Waals surface area contributed by atoms with Crippen LogP contribution >= 0.6 is 0 Å². The number of hydrazine groups is 1. The van der Waals surface area contributed by atoms with Gasteiger partial charge < -0.3 is 5.11 Å². The highest BCUT2D eigenvalue weighted by atomic mass is 16.2. The van der Waals surface area contributed by atoms with Gasteiger partial charge in [0.25, 0.3) is 5.91 Å². The van der Waals surface area contributed by atoms with Gasteiger partial charge in [-0.25, -0.2) is 5.01 Å². The van der Waals surface area contributed by atoms with Crippen LogP contribution in [0.4, 0.5) is 0 Å². The first kappa shape index (κ1) is 14.2. The van der Waals surface area contributed by atoms with Crippen LogP contribution < -0.4 is 5.43 Å². The fraction of sp³-hybridized carbons (Fsp3) is 0.357. The lowest BCUT2D eigenvalue weighted by Gasteiger charge is -2.13. The summed E-state index contributed by atoms with van der Waals surface area (Å²) in [6.07, 6.45) is 0.405. The molecular formula is C14H18N2O2. The third-order valence-corrected chi connectivity index (χ3v) is 2.20. The maximum Gasteiger partial charge on any atom is 0.266 e. The van der Waals surface area contributed by atoms with Crippen molar-refractivity contribution in [3.8, 4) is 11.8 Å². The molecule has 1 rings (SSSR count). The van der Waals surface area contributed by atoms with Crippen LogP contribution in [-0.2, 0) is 0 Å². The quantitative estimate of drug-likeness (QED) is 0.616. The largest absolute Gasteiger partial charge is 0.395 e. The van der Waals surface area contributed by atoms with Crippen LogP contribution in [0.1, 0.15) is 27.9 Å². The Hall–Kier alpha value is -1.83. The van der Waals surface area contributed by atoms with Gasteiger partial charge in [0, 0.05) is 26.1 Å². The number of aliphatic hydroxyl groups is 1. The summed E-state index contributed by atoms with van der Waals surface area (Å²) in [4.78, 5) is 12.0. The number of benzene rings is 1. The molecule has 96 valence electrons. The van der Waals surface area contributed by atoms with E-state index in [9.17, 15) is 4.79 Å². The molecule has 0 aliphatic rings. The molecule has 0 aliphatic carbocycles. The lowest BCUT2D eigenvalue weighted by atomic mass is 10.0. The summed E-state index contributed by atoms with van der Waals surface area (Å²) < 4.78 is 0. The highest BCUT2D eigenvalue weighted by Crippen LogP contribution is 2.11. The monoisotopic (exact) mass is 246 g/mol. The van der Waals surface area contributed by atoms with E-state index in [1.165, 1.54) is 0 Å². The Kier molecular flexibility index (Phi) is 5.37. The number of amides is 1. The molecule has 1 aromatic rings. The van der Waals surface area contributed by atoms with Crippen molar-refractivity contribution < 1.29 is 9.90 Å². The number of carbonyl (C=O) groups excluding carboxylic acids is 1. The van der Waals surface area contributed by atoms with Crippen molar-refractivity contribution in [1.29, 1.82) is 0 Å². The molecule has 0 radical (unpaired) electrons. The summed E-state index contributed by atoms with van der Waals surface area (Å²) in [5, 5.41) is 10.3. The zero-order valence-electron chi connectivity index (χ0n) is 10.9. The average Bonchev–Trinajstić information content (AvgIpc) is 2.30. The first-order chi connectivity index (χ1) is 8.54. The van der Waals surface area contributed by atoms with E-state index in [4.69, 9.17) is 5.11 Å². The molecule has 0 aromatic heterocycles. The van der Waals surface area contributed by atoms with Crippen molar-refractivity contribution in [3.05, 3.63) is 34.9 Å². The van der Waals surface area contributed by atoms with E-state index in [1.807, 2.05) is 25.1 Å². The van der Waals surface area contributed by atoms with E-state index in [0.29, 0.717) is 17.5 Å². The third kappa shape index (κ3) is 4.21. The minimum Gasteiger partial charge on any atom is -0.395 e. The second-order valence-electron chi connectivity index (χ2n) is 4.16. The summed E-state index contributed by atoms with van der Waals surface area (Å²) in [7, 11) is 3.51. The minimum atomic E-state index is -0.183. The van der Waals surface area contributed by atoms with Gasteiger partial charge in [0.2, 0.25) is 0 Å². The molecule has 4 nitrogen and oxygen atoms in total. The molecule has 0 atom stereocenters. The van der Waals surface area contributed by atoms with E-state index in [-0.39, 0.29) is 12.5 Å². The molecule has 2 N–H and O–H groups in total. The van der Waals surface area contributed by atoms with Gasteiger partial charge in [0.05, 0.1) is 12.2 Å². The first-order valence-electron chi connectivity index (χ1n) is 5.73. The van der Waals surface area contributed by atoms with Gasteiger partial charge in [-0.1, -0.05) is 23.5 Å². The van der Waals surface area contributed by atoms with Crippen LogP contribution in [0.5, 0.6) is 0 Å². The Labute approximate surface area is 108 Å². The van der Waals surface area contributed by atoms with Crippen LogP contribution in [0.2, 0.25) is 0 Å². The fourth-order valence-corrected chi connectivity index (χ4v) is 1.43. The van der Waals surface area contributed by atoms with E-state index in [0.717, 1.165) is 5.56 Å². The zero-order valence-corrected chi connectivity index (χ0v) is 10.9. The van der Waals surface area contributed by atoms with Crippen molar-refractivity contribution in [2.45, 2.75) is 13.3 Å². The van der Waals surface area contributed by atoms with Crippen molar-refractivity contribution in [2.75, 3.05) is 20.7 Å². The zero-order chi connectivity index (χ0) is 13.5. The number of nitrogens with zero attached hydrogens (tertiary/aromatic N) is 1. The number of aliphatic hydroxyl groups excluding tert-OH is 1. The summed E-state index contributed by atoms with van der Waals surface area (Å²) in [6, 6.07) is 5.54. The van der Waals surface area contributed by atoms with Gasteiger partial charge >= 0.3 is 0 Å². The fourth-order valence-electron chi connectivity index (χ4n) is 1.43. The minimum absolute atomic E-state index is 0.0259. The SMILES string of the molecule is Cc1ccc(C#CCCO)c(C(=O)NN(C)C)c1. The molecule has 0 fully saturated rings. The summed E-state index contributed by atoms with van der Waals surface area (Å²) in [6.45, 7) is 1.95. The van der Waals surface area contributed by atoms with Crippen LogP contribution in [0.15, 0.2) is 18.2 Å². The Balaban J connectivity index is 3.04. The van der Waals surface area contributed by atoms with Crippen LogP contribution in [0.25, 0.3) is 0 Å². The highest BCUT2D eigenvalue weighted by Gasteiger charge is 2.10. The van der Waals surface area contributed by atoms with Gasteiger partial charge in [0.15, 0.2) is 0 Å². The molecule has 0 aliphatic heterocycles. The Morgan fingerprint density at radius 2 is 2.17 bits per heavy atom. The van der Waals surface area contributed by atoms with Crippen LogP contribution in [0.3, 0.4) is 0 Å². The van der Waals surface area contributed by atoms with Gasteiger partial charge in [-0.3, -0.25) is 10.2 Å². The van der Waals surface area contributed by atoms with Gasteiger partial charge in [0.1, 0.15) is 0 Å². The summed E-state index contributed by atoms with van der Waals surface area (Å²) >= 11 is 0. The summed E-state index contributed by atoms with van der Waals surface area (Å²) in [5.74, 6) is 5.55. The molecule has 0 saturated carbocycles. The number of aryl methyl sites for hydroxylation is 1. The molecule has 18 heavy (non-hydrogen) atoms. The van der Waals surface area contributed by atoms with E-state index in [1.54, 1.807) is 19.1 Å². The Bertz CT molecular complexity index is 484. The molecule has 1 aromatic carbocycles. The number of hydrogen-bond acceptors (Lipinski definition) is 3.